The highest BCUT2D eigenvalue weighted by Gasteiger charge is 2.14. The van der Waals surface area contributed by atoms with Crippen LogP contribution in [0.15, 0.2) is 18.2 Å². The lowest BCUT2D eigenvalue weighted by Crippen LogP contribution is -2.31. The van der Waals surface area contributed by atoms with E-state index in [0.29, 0.717) is 24.2 Å². The maximum Gasteiger partial charge on any atom is 0.319 e. The molecule has 0 atom stereocenters. The molecule has 0 fully saturated rings. The molecule has 9 nitrogen and oxygen atoms in total. The predicted molar refractivity (Wildman–Crippen MR) is 92.2 cm³/mol. The minimum Gasteiger partial charge on any atom is -0.337 e. The zero-order valence-corrected chi connectivity index (χ0v) is 13.8. The molecule has 25 heavy (non-hydrogen) atoms. The molecule has 0 aliphatic carbocycles. The van der Waals surface area contributed by atoms with Gasteiger partial charge in [0.15, 0.2) is 0 Å². The van der Waals surface area contributed by atoms with Crippen LogP contribution in [0.4, 0.5) is 10.5 Å². The van der Waals surface area contributed by atoms with Gasteiger partial charge >= 0.3 is 6.03 Å². The lowest BCUT2D eigenvalue weighted by atomic mass is 10.2. The fraction of sp³-hybridized carbons (Fsp3) is 0.438. The molecular formula is C16H20N8O. The molecule has 0 saturated heterocycles. The van der Waals surface area contributed by atoms with Crippen LogP contribution >= 0.6 is 0 Å². The Morgan fingerprint density at radius 2 is 2.08 bits per heavy atom. The van der Waals surface area contributed by atoms with E-state index in [-0.39, 0.29) is 6.03 Å². The number of benzene rings is 1. The Labute approximate surface area is 144 Å². The number of H-pyrrole nitrogens is 1. The number of aromatic nitrogens is 6. The minimum atomic E-state index is -0.251. The summed E-state index contributed by atoms with van der Waals surface area (Å²) in [6.45, 7) is 1.48. The summed E-state index contributed by atoms with van der Waals surface area (Å²) in [6, 6.07) is 5.12. The van der Waals surface area contributed by atoms with E-state index in [2.05, 4.69) is 40.8 Å². The Kier molecular flexibility index (Phi) is 4.28. The number of carbonyl (C=O) groups is 1. The second kappa shape index (κ2) is 6.88. The predicted octanol–water partition coefficient (Wildman–Crippen LogP) is 1.64. The van der Waals surface area contributed by atoms with Gasteiger partial charge in [-0.25, -0.2) is 4.79 Å². The van der Waals surface area contributed by atoms with Gasteiger partial charge < -0.3 is 15.2 Å². The van der Waals surface area contributed by atoms with Crippen LogP contribution in [-0.4, -0.2) is 42.8 Å². The molecule has 1 aliphatic heterocycles. The van der Waals surface area contributed by atoms with Crippen molar-refractivity contribution in [1.82, 2.24) is 35.5 Å². The zero-order valence-electron chi connectivity index (χ0n) is 13.8. The van der Waals surface area contributed by atoms with Crippen molar-refractivity contribution >= 4 is 22.8 Å². The Bertz CT molecular complexity index is 883. The summed E-state index contributed by atoms with van der Waals surface area (Å²) in [4.78, 5) is 12.1. The Morgan fingerprint density at radius 3 is 3.04 bits per heavy atom. The molecule has 2 aromatic heterocycles. The lowest BCUT2D eigenvalue weighted by Gasteiger charge is -2.09. The van der Waals surface area contributed by atoms with Gasteiger partial charge in [0.2, 0.25) is 0 Å². The summed E-state index contributed by atoms with van der Waals surface area (Å²) in [5.41, 5.74) is 2.15. The van der Waals surface area contributed by atoms with Crippen molar-refractivity contribution in [2.75, 3.05) is 11.9 Å². The number of nitrogens with zero attached hydrogens (tertiary/aromatic N) is 5. The van der Waals surface area contributed by atoms with E-state index in [4.69, 9.17) is 0 Å². The molecule has 130 valence electrons. The van der Waals surface area contributed by atoms with Crippen molar-refractivity contribution in [3.05, 3.63) is 29.8 Å². The first-order valence-corrected chi connectivity index (χ1v) is 8.56. The summed E-state index contributed by atoms with van der Waals surface area (Å²) in [5.74, 6) is 2.01. The van der Waals surface area contributed by atoms with Crippen molar-refractivity contribution in [2.45, 2.75) is 38.6 Å². The number of nitrogens with one attached hydrogen (secondary N) is 3. The molecule has 0 unspecified atom stereocenters. The van der Waals surface area contributed by atoms with Crippen LogP contribution in [0.1, 0.15) is 30.9 Å². The number of aromatic amines is 1. The van der Waals surface area contributed by atoms with E-state index >= 15 is 0 Å². The molecule has 3 aromatic rings. The molecule has 0 spiro atoms. The molecule has 1 aliphatic rings. The number of amides is 2. The van der Waals surface area contributed by atoms with Crippen LogP contribution in [0.5, 0.6) is 0 Å². The van der Waals surface area contributed by atoms with Gasteiger partial charge in [0.05, 0.1) is 0 Å². The Morgan fingerprint density at radius 1 is 1.16 bits per heavy atom. The third-order valence-corrected chi connectivity index (χ3v) is 4.39. The SMILES string of the molecule is O=C(NCCc1nnc2n1CCCCC2)Nc1ccc2n[nH]nc2c1. The number of hydrogen-bond donors (Lipinski definition) is 3. The fourth-order valence-electron chi connectivity index (χ4n) is 3.11. The van der Waals surface area contributed by atoms with Crippen molar-refractivity contribution < 1.29 is 4.79 Å². The third-order valence-electron chi connectivity index (χ3n) is 4.39. The second-order valence-corrected chi connectivity index (χ2v) is 6.15. The van der Waals surface area contributed by atoms with E-state index in [1.54, 1.807) is 18.2 Å². The number of hydrogen-bond acceptors (Lipinski definition) is 5. The first-order valence-electron chi connectivity index (χ1n) is 8.56. The zero-order chi connectivity index (χ0) is 17.1. The van der Waals surface area contributed by atoms with E-state index in [1.165, 1.54) is 12.8 Å². The van der Waals surface area contributed by atoms with Gasteiger partial charge in [-0.05, 0) is 31.0 Å². The van der Waals surface area contributed by atoms with Gasteiger partial charge in [-0.2, -0.15) is 15.4 Å². The molecule has 2 amide bonds. The molecule has 0 bridgehead atoms. The average molecular weight is 340 g/mol. The molecular weight excluding hydrogens is 320 g/mol. The smallest absolute Gasteiger partial charge is 0.319 e. The molecule has 1 aromatic carbocycles. The minimum absolute atomic E-state index is 0.251. The van der Waals surface area contributed by atoms with Crippen molar-refractivity contribution in [2.24, 2.45) is 0 Å². The van der Waals surface area contributed by atoms with E-state index in [1.807, 2.05) is 0 Å². The molecule has 4 rings (SSSR count). The van der Waals surface area contributed by atoms with E-state index in [0.717, 1.165) is 36.6 Å². The largest absolute Gasteiger partial charge is 0.337 e. The van der Waals surface area contributed by atoms with Crippen LogP contribution in [0, 0.1) is 0 Å². The van der Waals surface area contributed by atoms with Crippen LogP contribution in [-0.2, 0) is 19.4 Å². The molecule has 0 radical (unpaired) electrons. The Hall–Kier alpha value is -2.97. The van der Waals surface area contributed by atoms with Gasteiger partial charge in [-0.3, -0.25) is 0 Å². The molecule has 3 heterocycles. The lowest BCUT2D eigenvalue weighted by molar-refractivity contribution is 0.252. The highest BCUT2D eigenvalue weighted by Crippen LogP contribution is 2.15. The van der Waals surface area contributed by atoms with Crippen molar-refractivity contribution in [3.8, 4) is 0 Å². The van der Waals surface area contributed by atoms with Gasteiger partial charge in [-0.15, -0.1) is 10.2 Å². The topological polar surface area (TPSA) is 113 Å². The quantitative estimate of drug-likeness (QED) is 0.668. The van der Waals surface area contributed by atoms with E-state index in [9.17, 15) is 4.79 Å². The summed E-state index contributed by atoms with van der Waals surface area (Å²) in [6.07, 6.45) is 5.23. The number of anilines is 1. The standard InChI is InChI=1S/C16H20N8O/c25-16(18-11-5-6-12-13(10-11)20-23-19-12)17-8-7-15-22-21-14-4-2-1-3-9-24(14)15/h5-6,10H,1-4,7-9H2,(H2,17,18,25)(H,19,20,23). The van der Waals surface area contributed by atoms with Crippen LogP contribution < -0.4 is 10.6 Å². The normalized spacial score (nSPS) is 14.1. The van der Waals surface area contributed by atoms with Gasteiger partial charge in [0.1, 0.15) is 22.7 Å². The molecule has 3 N–H and O–H groups in total. The highest BCUT2D eigenvalue weighted by molar-refractivity contribution is 5.91. The summed E-state index contributed by atoms with van der Waals surface area (Å²) in [7, 11) is 0. The third kappa shape index (κ3) is 3.44. The molecule has 9 heteroatoms. The number of carbonyl (C=O) groups excluding carboxylic acids is 1. The van der Waals surface area contributed by atoms with Crippen LogP contribution in [0.25, 0.3) is 11.0 Å². The monoisotopic (exact) mass is 340 g/mol. The van der Waals surface area contributed by atoms with E-state index < -0.39 is 0 Å². The van der Waals surface area contributed by atoms with Gasteiger partial charge in [-0.1, -0.05) is 6.42 Å². The fourth-order valence-corrected chi connectivity index (χ4v) is 3.11. The first-order chi connectivity index (χ1) is 12.3. The number of rotatable bonds is 4. The Balaban J connectivity index is 1.31. The van der Waals surface area contributed by atoms with Crippen LogP contribution in [0.2, 0.25) is 0 Å². The second-order valence-electron chi connectivity index (χ2n) is 6.15. The average Bonchev–Trinajstić information content (AvgIpc) is 3.15. The summed E-state index contributed by atoms with van der Waals surface area (Å²) in [5, 5.41) is 24.7. The van der Waals surface area contributed by atoms with Crippen molar-refractivity contribution in [3.63, 3.8) is 0 Å². The summed E-state index contributed by atoms with van der Waals surface area (Å²) < 4.78 is 2.20. The number of aryl methyl sites for hydroxylation is 1. The maximum atomic E-state index is 12.1. The first kappa shape index (κ1) is 15.6. The number of fused-ring (bicyclic) bond motifs is 2. The van der Waals surface area contributed by atoms with Crippen molar-refractivity contribution in [1.29, 1.82) is 0 Å². The number of urea groups is 1. The maximum absolute atomic E-state index is 12.1. The highest BCUT2D eigenvalue weighted by atomic mass is 16.2. The molecule has 0 saturated carbocycles. The van der Waals surface area contributed by atoms with Gasteiger partial charge in [0.25, 0.3) is 0 Å². The van der Waals surface area contributed by atoms with Gasteiger partial charge in [0, 0.05) is 31.6 Å². The van der Waals surface area contributed by atoms with Crippen LogP contribution in [0.3, 0.4) is 0 Å². The summed E-state index contributed by atoms with van der Waals surface area (Å²) >= 11 is 0.